The number of hydrogen-bond donors (Lipinski definition) is 1. The third kappa shape index (κ3) is 6.78. The van der Waals surface area contributed by atoms with Crippen LogP contribution in [0.4, 0.5) is 5.69 Å². The van der Waals surface area contributed by atoms with Gasteiger partial charge in [0, 0.05) is 0 Å². The highest BCUT2D eigenvalue weighted by atomic mass is 35.5. The molecule has 36 heavy (non-hydrogen) atoms. The molecule has 0 fully saturated rings. The predicted octanol–water partition coefficient (Wildman–Crippen LogP) is 4.91. The second-order valence-corrected chi connectivity index (χ2v) is 9.90. The van der Waals surface area contributed by atoms with Crippen LogP contribution in [0.15, 0.2) is 89.4 Å². The summed E-state index contributed by atoms with van der Waals surface area (Å²) >= 11 is 12.1. The molecule has 1 N–H and O–H groups in total. The number of carbonyl (C=O) groups is 1. The number of methoxy groups -OCH3 is 1. The van der Waals surface area contributed by atoms with Gasteiger partial charge in [0.25, 0.3) is 15.9 Å². The summed E-state index contributed by atoms with van der Waals surface area (Å²) in [6.45, 7) is 3.37. The largest absolute Gasteiger partial charge is 0.493 e. The number of hydrazone groups is 1. The van der Waals surface area contributed by atoms with Crippen LogP contribution >= 0.6 is 23.2 Å². The highest BCUT2D eigenvalue weighted by molar-refractivity contribution is 7.92. The van der Waals surface area contributed by atoms with E-state index < -0.39 is 22.5 Å². The fraction of sp³-hybridized carbons (Fsp3) is 0.120. The lowest BCUT2D eigenvalue weighted by Crippen LogP contribution is -2.39. The van der Waals surface area contributed by atoms with Crippen LogP contribution in [0.25, 0.3) is 0 Å². The number of carbonyl (C=O) groups excluding carboxylic acids is 1. The average Bonchev–Trinajstić information content (AvgIpc) is 2.88. The Labute approximate surface area is 219 Å². The van der Waals surface area contributed by atoms with Gasteiger partial charge >= 0.3 is 0 Å². The number of anilines is 1. The smallest absolute Gasteiger partial charge is 0.264 e. The first-order chi connectivity index (χ1) is 17.3. The van der Waals surface area contributed by atoms with E-state index in [1.807, 2.05) is 0 Å². The number of halogens is 2. The van der Waals surface area contributed by atoms with E-state index in [2.05, 4.69) is 17.1 Å². The topological polar surface area (TPSA) is 97.3 Å². The number of rotatable bonds is 11. The van der Waals surface area contributed by atoms with Gasteiger partial charge in [-0.2, -0.15) is 5.10 Å². The number of sulfonamides is 1. The fourth-order valence-corrected chi connectivity index (χ4v) is 4.78. The highest BCUT2D eigenvalue weighted by Gasteiger charge is 2.27. The van der Waals surface area contributed by atoms with Crippen molar-refractivity contribution in [3.05, 3.63) is 95.0 Å². The Hall–Kier alpha value is -3.53. The van der Waals surface area contributed by atoms with Crippen molar-refractivity contribution < 1.29 is 22.7 Å². The summed E-state index contributed by atoms with van der Waals surface area (Å²) in [5.41, 5.74) is 3.14. The Kier molecular flexibility index (Phi) is 9.35. The van der Waals surface area contributed by atoms with E-state index in [4.69, 9.17) is 32.7 Å². The molecule has 1 amide bonds. The molecule has 3 aromatic carbocycles. The number of amides is 1. The highest BCUT2D eigenvalue weighted by Crippen LogP contribution is 2.30. The average molecular weight is 548 g/mol. The molecule has 0 unspecified atom stereocenters. The summed E-state index contributed by atoms with van der Waals surface area (Å²) in [7, 11) is -2.59. The number of nitrogens with one attached hydrogen (secondary N) is 1. The second-order valence-electron chi connectivity index (χ2n) is 7.23. The molecule has 0 aliphatic heterocycles. The Bertz CT molecular complexity index is 1370. The summed E-state index contributed by atoms with van der Waals surface area (Å²) in [5, 5.41) is 4.34. The molecule has 0 atom stereocenters. The molecule has 188 valence electrons. The van der Waals surface area contributed by atoms with Crippen molar-refractivity contribution in [3.8, 4) is 11.5 Å². The lowest BCUT2D eigenvalue weighted by molar-refractivity contribution is -0.119. The quantitative estimate of drug-likeness (QED) is 0.209. The minimum absolute atomic E-state index is 0.0123. The molecule has 0 bridgehead atoms. The number of benzene rings is 3. The normalized spacial score (nSPS) is 11.2. The van der Waals surface area contributed by atoms with E-state index in [9.17, 15) is 13.2 Å². The summed E-state index contributed by atoms with van der Waals surface area (Å²) in [6.07, 6.45) is 3.01. The standard InChI is InChI=1S/C25H23Cl2N3O5S/c1-3-13-35-23-12-9-18(14-24(23)34-2)16-28-29-25(31)17-30(19-10-11-21(26)22(27)15-19)36(32,33)20-7-5-4-6-8-20/h3-12,14-16H,1,13,17H2,2H3,(H,29,31)/b28-16-. The first-order valence-corrected chi connectivity index (χ1v) is 12.7. The molecule has 3 rings (SSSR count). The second kappa shape index (κ2) is 12.4. The maximum atomic E-state index is 13.3. The van der Waals surface area contributed by atoms with Crippen LogP contribution < -0.4 is 19.2 Å². The first kappa shape index (κ1) is 27.1. The van der Waals surface area contributed by atoms with Crippen molar-refractivity contribution in [2.24, 2.45) is 5.10 Å². The molecule has 0 saturated carbocycles. The predicted molar refractivity (Wildman–Crippen MR) is 142 cm³/mol. The summed E-state index contributed by atoms with van der Waals surface area (Å²) in [5.74, 6) is 0.337. The van der Waals surface area contributed by atoms with Gasteiger partial charge in [-0.15, -0.1) is 0 Å². The van der Waals surface area contributed by atoms with Crippen molar-refractivity contribution in [2.45, 2.75) is 4.90 Å². The van der Waals surface area contributed by atoms with Gasteiger partial charge in [-0.1, -0.05) is 54.1 Å². The minimum Gasteiger partial charge on any atom is -0.493 e. The zero-order valence-corrected chi connectivity index (χ0v) is 21.6. The molecule has 11 heteroatoms. The first-order valence-electron chi connectivity index (χ1n) is 10.5. The van der Waals surface area contributed by atoms with Gasteiger partial charge in [0.15, 0.2) is 11.5 Å². The number of ether oxygens (including phenoxy) is 2. The Morgan fingerprint density at radius 3 is 2.47 bits per heavy atom. The van der Waals surface area contributed by atoms with Crippen molar-refractivity contribution in [2.75, 3.05) is 24.6 Å². The van der Waals surface area contributed by atoms with Crippen LogP contribution in [-0.4, -0.2) is 40.8 Å². The molecule has 0 radical (unpaired) electrons. The zero-order valence-electron chi connectivity index (χ0n) is 19.2. The molecule has 0 aliphatic carbocycles. The van der Waals surface area contributed by atoms with Crippen LogP contribution in [0, 0.1) is 0 Å². The van der Waals surface area contributed by atoms with Gasteiger partial charge in [0.1, 0.15) is 13.2 Å². The third-order valence-corrected chi connectivity index (χ3v) is 7.28. The third-order valence-electron chi connectivity index (χ3n) is 4.76. The number of nitrogens with zero attached hydrogens (tertiary/aromatic N) is 2. The van der Waals surface area contributed by atoms with Crippen LogP contribution in [0.5, 0.6) is 11.5 Å². The van der Waals surface area contributed by atoms with Crippen molar-refractivity contribution >= 4 is 51.0 Å². The summed E-state index contributed by atoms with van der Waals surface area (Å²) in [4.78, 5) is 12.7. The Morgan fingerprint density at radius 1 is 1.06 bits per heavy atom. The Morgan fingerprint density at radius 2 is 1.81 bits per heavy atom. The fourth-order valence-electron chi connectivity index (χ4n) is 3.05. The molecule has 8 nitrogen and oxygen atoms in total. The van der Waals surface area contributed by atoms with Crippen LogP contribution in [0.1, 0.15) is 5.56 Å². The van der Waals surface area contributed by atoms with Crippen LogP contribution in [0.3, 0.4) is 0 Å². The lowest BCUT2D eigenvalue weighted by atomic mass is 10.2. The monoisotopic (exact) mass is 547 g/mol. The molecule has 0 heterocycles. The molecule has 0 aliphatic rings. The van der Waals surface area contributed by atoms with E-state index in [0.29, 0.717) is 23.7 Å². The van der Waals surface area contributed by atoms with Gasteiger partial charge in [-0.25, -0.2) is 13.8 Å². The van der Waals surface area contributed by atoms with Gasteiger partial charge < -0.3 is 9.47 Å². The van der Waals surface area contributed by atoms with Crippen LogP contribution in [0.2, 0.25) is 10.0 Å². The maximum Gasteiger partial charge on any atom is 0.264 e. The molecule has 0 aromatic heterocycles. The molecule has 3 aromatic rings. The van der Waals surface area contributed by atoms with E-state index in [1.54, 1.807) is 42.5 Å². The van der Waals surface area contributed by atoms with E-state index in [-0.39, 0.29) is 20.6 Å². The van der Waals surface area contributed by atoms with E-state index >= 15 is 0 Å². The minimum atomic E-state index is -4.10. The Balaban J connectivity index is 1.80. The molecule has 0 saturated heterocycles. The maximum absolute atomic E-state index is 13.3. The van der Waals surface area contributed by atoms with Crippen molar-refractivity contribution in [3.63, 3.8) is 0 Å². The number of hydrogen-bond acceptors (Lipinski definition) is 6. The summed E-state index contributed by atoms with van der Waals surface area (Å²) in [6, 6.07) is 17.1. The van der Waals surface area contributed by atoms with Crippen LogP contribution in [-0.2, 0) is 14.8 Å². The lowest BCUT2D eigenvalue weighted by Gasteiger charge is -2.24. The van der Waals surface area contributed by atoms with Gasteiger partial charge in [-0.05, 0) is 54.1 Å². The summed E-state index contributed by atoms with van der Waals surface area (Å²) < 4.78 is 38.4. The molecular weight excluding hydrogens is 525 g/mol. The zero-order chi connectivity index (χ0) is 26.1. The van der Waals surface area contributed by atoms with E-state index in [0.717, 1.165) is 4.31 Å². The van der Waals surface area contributed by atoms with Gasteiger partial charge in [0.05, 0.1) is 34.0 Å². The van der Waals surface area contributed by atoms with Crippen molar-refractivity contribution in [1.82, 2.24) is 5.43 Å². The van der Waals surface area contributed by atoms with Gasteiger partial charge in [0.2, 0.25) is 0 Å². The SMILES string of the molecule is C=CCOc1ccc(/C=N\NC(=O)CN(c2ccc(Cl)c(Cl)c2)S(=O)(=O)c2ccccc2)cc1OC. The van der Waals surface area contributed by atoms with E-state index in [1.165, 1.54) is 43.7 Å². The van der Waals surface area contributed by atoms with Crippen molar-refractivity contribution in [1.29, 1.82) is 0 Å². The molecule has 0 spiro atoms. The van der Waals surface area contributed by atoms with Gasteiger partial charge in [-0.3, -0.25) is 9.10 Å². The molecular formula is C25H23Cl2N3O5S.